The Hall–Kier alpha value is -2.67. The molecule has 6 nitrogen and oxygen atoms in total. The van der Waals surface area contributed by atoms with E-state index < -0.39 is 5.97 Å². The van der Waals surface area contributed by atoms with Crippen LogP contribution >= 0.6 is 11.3 Å². The van der Waals surface area contributed by atoms with Crippen LogP contribution in [0.15, 0.2) is 36.4 Å². The van der Waals surface area contributed by atoms with E-state index in [0.717, 1.165) is 10.4 Å². The number of aliphatic carboxylic acids is 1. The molecule has 3 rings (SSSR count). The minimum Gasteiger partial charge on any atom is -0.481 e. The standard InChI is InChI=1S/C23H28N2O4S/c1-14(2)19-12-18(21(27)24-13-15-6-4-3-5-7-15)22(30-19)25-20(26)16-8-10-17(11-9-16)23(28)29/h3-7,12,14,16-17H,8-11,13H2,1-2H3,(H,24,27)(H,25,26)(H,28,29). The Morgan fingerprint density at radius 2 is 1.70 bits per heavy atom. The maximum Gasteiger partial charge on any atom is 0.306 e. The molecule has 1 aliphatic carbocycles. The molecular formula is C23H28N2O4S. The molecule has 0 atom stereocenters. The number of carboxylic acid groups (broad SMARTS) is 1. The van der Waals surface area contributed by atoms with Gasteiger partial charge in [-0.15, -0.1) is 11.3 Å². The number of carboxylic acids is 1. The molecular weight excluding hydrogens is 400 g/mol. The molecule has 0 unspecified atom stereocenters. The zero-order chi connectivity index (χ0) is 21.7. The van der Waals surface area contributed by atoms with Gasteiger partial charge in [0.05, 0.1) is 11.5 Å². The van der Waals surface area contributed by atoms with E-state index in [-0.39, 0.29) is 29.6 Å². The highest BCUT2D eigenvalue weighted by atomic mass is 32.1. The van der Waals surface area contributed by atoms with Crippen LogP contribution in [0.5, 0.6) is 0 Å². The molecule has 0 bridgehead atoms. The molecule has 1 fully saturated rings. The maximum absolute atomic E-state index is 12.8. The Kier molecular flexibility index (Phi) is 7.26. The number of amides is 2. The van der Waals surface area contributed by atoms with E-state index in [1.54, 1.807) is 0 Å². The minimum absolute atomic E-state index is 0.131. The fourth-order valence-electron chi connectivity index (χ4n) is 3.65. The van der Waals surface area contributed by atoms with Crippen LogP contribution in [0.3, 0.4) is 0 Å². The van der Waals surface area contributed by atoms with Crippen molar-refractivity contribution in [2.75, 3.05) is 5.32 Å². The number of carbonyl (C=O) groups excluding carboxylic acids is 2. The van der Waals surface area contributed by atoms with Gasteiger partial charge in [0, 0.05) is 17.3 Å². The Labute approximate surface area is 180 Å². The Morgan fingerprint density at radius 3 is 2.30 bits per heavy atom. The van der Waals surface area contributed by atoms with E-state index in [1.165, 1.54) is 11.3 Å². The average Bonchev–Trinajstić information content (AvgIpc) is 3.17. The number of hydrogen-bond donors (Lipinski definition) is 3. The summed E-state index contributed by atoms with van der Waals surface area (Å²) in [6.45, 7) is 4.52. The molecule has 0 saturated heterocycles. The van der Waals surface area contributed by atoms with Gasteiger partial charge < -0.3 is 15.7 Å². The molecule has 1 aromatic heterocycles. The quantitative estimate of drug-likeness (QED) is 0.599. The lowest BCUT2D eigenvalue weighted by atomic mass is 9.81. The van der Waals surface area contributed by atoms with Crippen molar-refractivity contribution in [2.24, 2.45) is 11.8 Å². The summed E-state index contributed by atoms with van der Waals surface area (Å²) in [7, 11) is 0. The van der Waals surface area contributed by atoms with Crippen molar-refractivity contribution >= 4 is 34.1 Å². The third kappa shape index (κ3) is 5.48. The largest absolute Gasteiger partial charge is 0.481 e. The van der Waals surface area contributed by atoms with Crippen molar-refractivity contribution in [2.45, 2.75) is 52.0 Å². The first-order valence-electron chi connectivity index (χ1n) is 10.3. The van der Waals surface area contributed by atoms with E-state index in [0.29, 0.717) is 42.8 Å². The molecule has 0 spiro atoms. The van der Waals surface area contributed by atoms with Gasteiger partial charge in [0.2, 0.25) is 5.91 Å². The number of nitrogens with one attached hydrogen (secondary N) is 2. The van der Waals surface area contributed by atoms with Crippen molar-refractivity contribution < 1.29 is 19.5 Å². The lowest BCUT2D eigenvalue weighted by molar-refractivity contribution is -0.143. The first kappa shape index (κ1) is 22.0. The van der Waals surface area contributed by atoms with Crippen LogP contribution < -0.4 is 10.6 Å². The molecule has 1 saturated carbocycles. The van der Waals surface area contributed by atoms with E-state index >= 15 is 0 Å². The molecule has 0 aliphatic heterocycles. The number of rotatable bonds is 7. The zero-order valence-electron chi connectivity index (χ0n) is 17.3. The molecule has 7 heteroatoms. The molecule has 2 aromatic rings. The van der Waals surface area contributed by atoms with Gasteiger partial charge in [0.25, 0.3) is 5.91 Å². The summed E-state index contributed by atoms with van der Waals surface area (Å²) >= 11 is 1.43. The van der Waals surface area contributed by atoms with Gasteiger partial charge in [0.15, 0.2) is 0 Å². The monoisotopic (exact) mass is 428 g/mol. The molecule has 0 radical (unpaired) electrons. The number of thiophene rings is 1. The van der Waals surface area contributed by atoms with Crippen LogP contribution in [0.25, 0.3) is 0 Å². The SMILES string of the molecule is CC(C)c1cc(C(=O)NCc2ccccc2)c(NC(=O)C2CCC(C(=O)O)CC2)s1. The van der Waals surface area contributed by atoms with E-state index in [1.807, 2.05) is 36.4 Å². The summed E-state index contributed by atoms with van der Waals surface area (Å²) < 4.78 is 0. The second-order valence-corrected chi connectivity index (χ2v) is 9.17. The van der Waals surface area contributed by atoms with Crippen LogP contribution in [0.1, 0.15) is 66.2 Å². The van der Waals surface area contributed by atoms with Crippen molar-refractivity contribution in [3.63, 3.8) is 0 Å². The van der Waals surface area contributed by atoms with E-state index in [9.17, 15) is 14.4 Å². The van der Waals surface area contributed by atoms with Crippen molar-refractivity contribution in [3.05, 3.63) is 52.4 Å². The van der Waals surface area contributed by atoms with Gasteiger partial charge >= 0.3 is 5.97 Å². The number of carbonyl (C=O) groups is 3. The first-order chi connectivity index (χ1) is 14.3. The molecule has 1 aromatic carbocycles. The summed E-state index contributed by atoms with van der Waals surface area (Å²) in [6.07, 6.45) is 2.14. The molecule has 1 heterocycles. The maximum atomic E-state index is 12.8. The van der Waals surface area contributed by atoms with Gasteiger partial charge in [-0.1, -0.05) is 44.2 Å². The van der Waals surface area contributed by atoms with Gasteiger partial charge in [-0.2, -0.15) is 0 Å². The first-order valence-corrected chi connectivity index (χ1v) is 11.2. The molecule has 3 N–H and O–H groups in total. The van der Waals surface area contributed by atoms with Gasteiger partial charge in [0.1, 0.15) is 5.00 Å². The molecule has 1 aliphatic rings. The molecule has 160 valence electrons. The average molecular weight is 429 g/mol. The highest BCUT2D eigenvalue weighted by molar-refractivity contribution is 7.16. The molecule has 30 heavy (non-hydrogen) atoms. The van der Waals surface area contributed by atoms with Gasteiger partial charge in [-0.05, 0) is 43.2 Å². The van der Waals surface area contributed by atoms with Crippen LogP contribution in [0.4, 0.5) is 5.00 Å². The summed E-state index contributed by atoms with van der Waals surface area (Å²) in [5.74, 6) is -1.47. The summed E-state index contributed by atoms with van der Waals surface area (Å²) in [5, 5.41) is 15.6. The van der Waals surface area contributed by atoms with Gasteiger partial charge in [-0.3, -0.25) is 14.4 Å². The van der Waals surface area contributed by atoms with E-state index in [2.05, 4.69) is 24.5 Å². The van der Waals surface area contributed by atoms with Crippen molar-refractivity contribution in [3.8, 4) is 0 Å². The highest BCUT2D eigenvalue weighted by Gasteiger charge is 2.30. The molecule has 2 amide bonds. The predicted octanol–water partition coefficient (Wildman–Crippen LogP) is 4.63. The second kappa shape index (κ2) is 9.89. The topological polar surface area (TPSA) is 95.5 Å². The third-order valence-corrected chi connectivity index (χ3v) is 6.90. The third-order valence-electron chi connectivity index (χ3n) is 5.54. The Bertz CT molecular complexity index is 899. The summed E-state index contributed by atoms with van der Waals surface area (Å²) in [5.41, 5.74) is 1.48. The lowest BCUT2D eigenvalue weighted by Crippen LogP contribution is -2.30. The van der Waals surface area contributed by atoms with Crippen molar-refractivity contribution in [1.82, 2.24) is 5.32 Å². The number of hydrogen-bond acceptors (Lipinski definition) is 4. The van der Waals surface area contributed by atoms with Crippen LogP contribution in [0.2, 0.25) is 0 Å². The summed E-state index contributed by atoms with van der Waals surface area (Å²) in [4.78, 5) is 37.8. The highest BCUT2D eigenvalue weighted by Crippen LogP contribution is 2.35. The van der Waals surface area contributed by atoms with Crippen LogP contribution in [0, 0.1) is 11.8 Å². The second-order valence-electron chi connectivity index (χ2n) is 8.09. The summed E-state index contributed by atoms with van der Waals surface area (Å²) in [6, 6.07) is 11.5. The normalized spacial score (nSPS) is 18.8. The van der Waals surface area contributed by atoms with Crippen LogP contribution in [-0.4, -0.2) is 22.9 Å². The number of benzene rings is 1. The zero-order valence-corrected chi connectivity index (χ0v) is 18.1. The smallest absolute Gasteiger partial charge is 0.306 e. The predicted molar refractivity (Wildman–Crippen MR) is 118 cm³/mol. The number of anilines is 1. The fraction of sp³-hybridized carbons (Fsp3) is 0.435. The van der Waals surface area contributed by atoms with E-state index in [4.69, 9.17) is 5.11 Å². The Balaban J connectivity index is 1.68. The Morgan fingerprint density at radius 1 is 1.07 bits per heavy atom. The minimum atomic E-state index is -0.786. The lowest BCUT2D eigenvalue weighted by Gasteiger charge is -2.25. The van der Waals surface area contributed by atoms with Crippen molar-refractivity contribution in [1.29, 1.82) is 0 Å². The fourth-order valence-corrected chi connectivity index (χ4v) is 4.71. The van der Waals surface area contributed by atoms with Crippen LogP contribution in [-0.2, 0) is 16.1 Å². The van der Waals surface area contributed by atoms with Gasteiger partial charge in [-0.25, -0.2) is 0 Å².